The summed E-state index contributed by atoms with van der Waals surface area (Å²) in [5, 5.41) is 6.89. The van der Waals surface area contributed by atoms with Gasteiger partial charge in [0.1, 0.15) is 6.54 Å². The second-order valence-corrected chi connectivity index (χ2v) is 7.67. The highest BCUT2D eigenvalue weighted by atomic mass is 16.5. The maximum atomic E-state index is 12.7. The van der Waals surface area contributed by atoms with Gasteiger partial charge in [0.2, 0.25) is 5.91 Å². The Kier molecular flexibility index (Phi) is 4.96. The highest BCUT2D eigenvalue weighted by molar-refractivity contribution is 5.95. The summed E-state index contributed by atoms with van der Waals surface area (Å²) >= 11 is 0. The Hall–Kier alpha value is -2.12. The summed E-state index contributed by atoms with van der Waals surface area (Å²) in [4.78, 5) is 46.7. The number of ether oxygens (including phenoxy) is 1. The number of amides is 4. The lowest BCUT2D eigenvalue weighted by atomic mass is 9.49. The first-order chi connectivity index (χ1) is 11.9. The Morgan fingerprint density at radius 2 is 1.56 bits per heavy atom. The molecule has 0 aromatic carbocycles. The number of hydrogen-bond acceptors (Lipinski definition) is 5. The highest BCUT2D eigenvalue weighted by Gasteiger charge is 2.54. The van der Waals surface area contributed by atoms with Gasteiger partial charge in [-0.05, 0) is 56.3 Å². The third-order valence-corrected chi connectivity index (χ3v) is 5.76. The molecular weight excluding hydrogens is 326 g/mol. The number of imide groups is 1. The first-order valence-corrected chi connectivity index (χ1v) is 8.85. The molecule has 0 aromatic heterocycles. The van der Waals surface area contributed by atoms with Gasteiger partial charge in [-0.15, -0.1) is 0 Å². The van der Waals surface area contributed by atoms with E-state index in [4.69, 9.17) is 4.74 Å². The largest absolute Gasteiger partial charge is 0.454 e. The summed E-state index contributed by atoms with van der Waals surface area (Å²) in [5.74, 6) is 0.482. The van der Waals surface area contributed by atoms with Gasteiger partial charge in [0, 0.05) is 12.5 Å². The molecule has 0 atom stereocenters. The summed E-state index contributed by atoms with van der Waals surface area (Å²) in [6.45, 7) is -0.812. The molecule has 25 heavy (non-hydrogen) atoms. The van der Waals surface area contributed by atoms with Crippen LogP contribution in [0, 0.1) is 23.2 Å². The summed E-state index contributed by atoms with van der Waals surface area (Å²) in [6.07, 6.45) is 6.51. The Bertz CT molecular complexity index is 554. The van der Waals surface area contributed by atoms with Crippen LogP contribution in [0.1, 0.15) is 38.5 Å². The minimum absolute atomic E-state index is 0.0571. The van der Waals surface area contributed by atoms with Crippen LogP contribution in [0.15, 0.2) is 0 Å². The van der Waals surface area contributed by atoms with Gasteiger partial charge < -0.3 is 15.4 Å². The molecule has 4 bridgehead atoms. The quantitative estimate of drug-likeness (QED) is 0.617. The van der Waals surface area contributed by atoms with Crippen LogP contribution in [0.2, 0.25) is 0 Å². The number of urea groups is 1. The van der Waals surface area contributed by atoms with Gasteiger partial charge in [0.15, 0.2) is 6.61 Å². The van der Waals surface area contributed by atoms with E-state index >= 15 is 0 Å². The average Bonchev–Trinajstić information content (AvgIpc) is 2.56. The van der Waals surface area contributed by atoms with Crippen LogP contribution in [0.3, 0.4) is 0 Å². The predicted molar refractivity (Wildman–Crippen MR) is 87.2 cm³/mol. The smallest absolute Gasteiger partial charge is 0.325 e. The van der Waals surface area contributed by atoms with E-state index < -0.39 is 24.5 Å². The van der Waals surface area contributed by atoms with Crippen LogP contribution in [0.5, 0.6) is 0 Å². The Morgan fingerprint density at radius 1 is 1.00 bits per heavy atom. The standard InChI is InChI=1S/C17H25N3O5/c1-18-16(24)20-13(21)9-25-14(22)8-19-15(23)17-5-10-2-11(6-17)4-12(3-10)7-17/h10-12H,2-9H2,1H3,(H,19,23)(H2,18,20,21,24). The van der Waals surface area contributed by atoms with Gasteiger partial charge in [-0.2, -0.15) is 0 Å². The molecule has 4 aliphatic rings. The maximum absolute atomic E-state index is 12.7. The molecule has 0 radical (unpaired) electrons. The SMILES string of the molecule is CNC(=O)NC(=O)COC(=O)CNC(=O)C12CC3CC(CC(C3)C1)C2. The molecule has 8 heteroatoms. The van der Waals surface area contributed by atoms with Crippen LogP contribution in [-0.2, 0) is 19.1 Å². The molecule has 8 nitrogen and oxygen atoms in total. The minimum atomic E-state index is -0.722. The van der Waals surface area contributed by atoms with Crippen molar-refractivity contribution < 1.29 is 23.9 Å². The third kappa shape index (κ3) is 3.93. The molecule has 0 aliphatic heterocycles. The van der Waals surface area contributed by atoms with Crippen molar-refractivity contribution in [3.63, 3.8) is 0 Å². The zero-order valence-electron chi connectivity index (χ0n) is 14.4. The topological polar surface area (TPSA) is 114 Å². The number of esters is 1. The van der Waals surface area contributed by atoms with Crippen molar-refractivity contribution in [3.05, 3.63) is 0 Å². The molecule has 0 unspecified atom stereocenters. The summed E-state index contributed by atoms with van der Waals surface area (Å²) in [6, 6.07) is -0.670. The van der Waals surface area contributed by atoms with E-state index in [1.807, 2.05) is 5.32 Å². The molecule has 4 amide bonds. The van der Waals surface area contributed by atoms with Gasteiger partial charge in [0.05, 0.1) is 0 Å². The summed E-state index contributed by atoms with van der Waals surface area (Å²) in [7, 11) is 1.37. The van der Waals surface area contributed by atoms with Gasteiger partial charge in [-0.25, -0.2) is 4.79 Å². The normalized spacial score (nSPS) is 32.0. The Labute approximate surface area is 146 Å². The number of carbonyl (C=O) groups excluding carboxylic acids is 4. The van der Waals surface area contributed by atoms with Crippen LogP contribution in [-0.4, -0.2) is 44.0 Å². The van der Waals surface area contributed by atoms with Crippen molar-refractivity contribution in [2.24, 2.45) is 23.2 Å². The fourth-order valence-corrected chi connectivity index (χ4v) is 5.15. The number of rotatable bonds is 5. The number of carbonyl (C=O) groups is 4. The molecule has 4 fully saturated rings. The second-order valence-electron chi connectivity index (χ2n) is 7.67. The second kappa shape index (κ2) is 7.01. The molecule has 3 N–H and O–H groups in total. The van der Waals surface area contributed by atoms with E-state index in [2.05, 4.69) is 10.6 Å². The van der Waals surface area contributed by atoms with Crippen molar-refractivity contribution >= 4 is 23.8 Å². The minimum Gasteiger partial charge on any atom is -0.454 e. The first kappa shape index (κ1) is 17.7. The van der Waals surface area contributed by atoms with Crippen molar-refractivity contribution in [2.75, 3.05) is 20.2 Å². The molecule has 4 saturated carbocycles. The molecule has 4 aliphatic carbocycles. The predicted octanol–water partition coefficient (Wildman–Crippen LogP) is 0.318. The van der Waals surface area contributed by atoms with Crippen molar-refractivity contribution in [3.8, 4) is 0 Å². The molecule has 138 valence electrons. The molecule has 4 rings (SSSR count). The van der Waals surface area contributed by atoms with Crippen LogP contribution >= 0.6 is 0 Å². The van der Waals surface area contributed by atoms with Crippen LogP contribution in [0.4, 0.5) is 4.79 Å². The third-order valence-electron chi connectivity index (χ3n) is 5.76. The van der Waals surface area contributed by atoms with Crippen molar-refractivity contribution in [2.45, 2.75) is 38.5 Å². The average molecular weight is 351 g/mol. The zero-order chi connectivity index (χ0) is 18.0. The first-order valence-electron chi connectivity index (χ1n) is 8.85. The van der Waals surface area contributed by atoms with Gasteiger partial charge in [-0.1, -0.05) is 0 Å². The fourth-order valence-electron chi connectivity index (χ4n) is 5.15. The van der Waals surface area contributed by atoms with E-state index in [9.17, 15) is 19.2 Å². The Balaban J connectivity index is 1.42. The molecule has 0 heterocycles. The maximum Gasteiger partial charge on any atom is 0.325 e. The summed E-state index contributed by atoms with van der Waals surface area (Å²) < 4.78 is 4.77. The van der Waals surface area contributed by atoms with Crippen molar-refractivity contribution in [1.29, 1.82) is 0 Å². The van der Waals surface area contributed by atoms with E-state index in [1.165, 1.54) is 26.3 Å². The van der Waals surface area contributed by atoms with E-state index in [0.717, 1.165) is 19.3 Å². The zero-order valence-corrected chi connectivity index (χ0v) is 14.4. The lowest BCUT2D eigenvalue weighted by Crippen LogP contribution is -2.54. The molecule has 0 spiro atoms. The van der Waals surface area contributed by atoms with Gasteiger partial charge in [0.25, 0.3) is 5.91 Å². The number of nitrogens with one attached hydrogen (secondary N) is 3. The lowest BCUT2D eigenvalue weighted by molar-refractivity contribution is -0.152. The highest BCUT2D eigenvalue weighted by Crippen LogP contribution is 2.60. The summed E-state index contributed by atoms with van der Waals surface area (Å²) in [5.41, 5.74) is -0.314. The van der Waals surface area contributed by atoms with E-state index in [-0.39, 0.29) is 17.9 Å². The van der Waals surface area contributed by atoms with E-state index in [1.54, 1.807) is 0 Å². The fraction of sp³-hybridized carbons (Fsp3) is 0.765. The van der Waals surface area contributed by atoms with Gasteiger partial charge >= 0.3 is 12.0 Å². The number of hydrogen-bond donors (Lipinski definition) is 3. The van der Waals surface area contributed by atoms with Crippen LogP contribution < -0.4 is 16.0 Å². The molecule has 0 saturated heterocycles. The molecule has 0 aromatic rings. The van der Waals surface area contributed by atoms with Crippen LogP contribution in [0.25, 0.3) is 0 Å². The van der Waals surface area contributed by atoms with Gasteiger partial charge in [-0.3, -0.25) is 19.7 Å². The molecular formula is C17H25N3O5. The van der Waals surface area contributed by atoms with Crippen molar-refractivity contribution in [1.82, 2.24) is 16.0 Å². The Morgan fingerprint density at radius 3 is 2.08 bits per heavy atom. The monoisotopic (exact) mass is 351 g/mol. The lowest BCUT2D eigenvalue weighted by Gasteiger charge is -2.55. The van der Waals surface area contributed by atoms with E-state index in [0.29, 0.717) is 17.8 Å².